The van der Waals surface area contributed by atoms with Gasteiger partial charge in [0, 0.05) is 18.6 Å². The maximum absolute atomic E-state index is 12.1. The molecule has 2 aromatic rings. The molecule has 0 saturated carbocycles. The lowest BCUT2D eigenvalue weighted by Gasteiger charge is -2.09. The highest BCUT2D eigenvalue weighted by Crippen LogP contribution is 2.38. The van der Waals surface area contributed by atoms with Gasteiger partial charge in [-0.15, -0.1) is 0 Å². The number of nitrogens with one attached hydrogen (secondary N) is 1. The third-order valence-corrected chi connectivity index (χ3v) is 4.35. The molecule has 0 aromatic heterocycles. The summed E-state index contributed by atoms with van der Waals surface area (Å²) in [6.45, 7) is 0.181. The fourth-order valence-corrected chi connectivity index (χ4v) is 2.86. The Hall–Kier alpha value is -2.89. The van der Waals surface area contributed by atoms with Crippen molar-refractivity contribution in [2.24, 2.45) is 0 Å². The number of carbonyl (C=O) groups is 1. The molecule has 1 heterocycles. The molecule has 1 aliphatic rings. The number of nitrogen functional groups attached to an aromatic ring is 1. The van der Waals surface area contributed by atoms with Crippen LogP contribution < -0.4 is 25.3 Å². The number of methoxy groups -OCH3 is 1. The van der Waals surface area contributed by atoms with Gasteiger partial charge in [0.25, 0.3) is 0 Å². The SMILES string of the molecule is COc1ccc(CCCCCC(=O)Nc2cc3c(cc2N)OCO3)cc1. The zero-order valence-electron chi connectivity index (χ0n) is 14.9. The van der Waals surface area contributed by atoms with Crippen LogP contribution in [0.5, 0.6) is 17.2 Å². The minimum absolute atomic E-state index is 0.0417. The third-order valence-electron chi connectivity index (χ3n) is 4.35. The number of hydrogen-bond acceptors (Lipinski definition) is 5. The highest BCUT2D eigenvalue weighted by Gasteiger charge is 2.17. The van der Waals surface area contributed by atoms with Crippen molar-refractivity contribution in [1.29, 1.82) is 0 Å². The number of ether oxygens (including phenoxy) is 3. The number of hydrogen-bond donors (Lipinski definition) is 2. The first-order valence-corrected chi connectivity index (χ1v) is 8.77. The Kier molecular flexibility index (Phi) is 5.84. The number of nitrogens with two attached hydrogens (primary N) is 1. The number of fused-ring (bicyclic) bond motifs is 1. The topological polar surface area (TPSA) is 82.8 Å². The first-order valence-electron chi connectivity index (χ1n) is 8.77. The van der Waals surface area contributed by atoms with E-state index in [9.17, 15) is 4.79 Å². The Balaban J connectivity index is 1.38. The van der Waals surface area contributed by atoms with Gasteiger partial charge in [0.1, 0.15) is 5.75 Å². The van der Waals surface area contributed by atoms with E-state index >= 15 is 0 Å². The van der Waals surface area contributed by atoms with Gasteiger partial charge < -0.3 is 25.3 Å². The molecule has 2 aromatic carbocycles. The molecule has 6 nitrogen and oxygen atoms in total. The van der Waals surface area contributed by atoms with Crippen LogP contribution in [0.2, 0.25) is 0 Å². The van der Waals surface area contributed by atoms with Gasteiger partial charge in [-0.1, -0.05) is 18.6 Å². The van der Waals surface area contributed by atoms with Crippen LogP contribution >= 0.6 is 0 Å². The van der Waals surface area contributed by atoms with Crippen molar-refractivity contribution in [3.63, 3.8) is 0 Å². The summed E-state index contributed by atoms with van der Waals surface area (Å²) < 4.78 is 15.7. The Bertz CT molecular complexity index is 759. The van der Waals surface area contributed by atoms with Crippen molar-refractivity contribution in [3.05, 3.63) is 42.0 Å². The summed E-state index contributed by atoms with van der Waals surface area (Å²) in [5, 5.41) is 2.85. The van der Waals surface area contributed by atoms with Gasteiger partial charge in [-0.2, -0.15) is 0 Å². The van der Waals surface area contributed by atoms with Gasteiger partial charge >= 0.3 is 0 Å². The van der Waals surface area contributed by atoms with Crippen LogP contribution in [0.3, 0.4) is 0 Å². The zero-order chi connectivity index (χ0) is 18.4. The van der Waals surface area contributed by atoms with Crippen LogP contribution in [0.4, 0.5) is 11.4 Å². The van der Waals surface area contributed by atoms with E-state index in [1.165, 1.54) is 5.56 Å². The van der Waals surface area contributed by atoms with Crippen LogP contribution in [-0.4, -0.2) is 19.8 Å². The third kappa shape index (κ3) is 4.59. The molecule has 0 spiro atoms. The zero-order valence-corrected chi connectivity index (χ0v) is 14.9. The normalized spacial score (nSPS) is 12.0. The average molecular weight is 356 g/mol. The lowest BCUT2D eigenvalue weighted by atomic mass is 10.1. The second kappa shape index (κ2) is 8.47. The maximum atomic E-state index is 12.1. The number of benzene rings is 2. The van der Waals surface area contributed by atoms with Crippen LogP contribution in [0.1, 0.15) is 31.2 Å². The molecule has 26 heavy (non-hydrogen) atoms. The second-order valence-corrected chi connectivity index (χ2v) is 6.25. The number of anilines is 2. The molecule has 138 valence electrons. The van der Waals surface area contributed by atoms with Gasteiger partial charge in [0.2, 0.25) is 12.7 Å². The van der Waals surface area contributed by atoms with E-state index in [1.54, 1.807) is 19.2 Å². The molecule has 0 radical (unpaired) electrons. The predicted molar refractivity (Wildman–Crippen MR) is 101 cm³/mol. The van der Waals surface area contributed by atoms with Gasteiger partial charge in [-0.05, 0) is 37.0 Å². The van der Waals surface area contributed by atoms with E-state index < -0.39 is 0 Å². The first-order chi connectivity index (χ1) is 12.7. The van der Waals surface area contributed by atoms with Gasteiger partial charge in [0.15, 0.2) is 11.5 Å². The Morgan fingerprint density at radius 3 is 2.58 bits per heavy atom. The molecule has 0 atom stereocenters. The lowest BCUT2D eigenvalue weighted by molar-refractivity contribution is -0.116. The summed E-state index contributed by atoms with van der Waals surface area (Å²) in [5.74, 6) is 2.04. The first kappa shape index (κ1) is 17.9. The Morgan fingerprint density at radius 1 is 1.12 bits per heavy atom. The highest BCUT2D eigenvalue weighted by atomic mass is 16.7. The minimum Gasteiger partial charge on any atom is -0.497 e. The van der Waals surface area contributed by atoms with Crippen LogP contribution in [-0.2, 0) is 11.2 Å². The molecule has 6 heteroatoms. The van der Waals surface area contributed by atoms with Crippen molar-refractivity contribution >= 4 is 17.3 Å². The number of rotatable bonds is 8. The Morgan fingerprint density at radius 2 is 1.85 bits per heavy atom. The van der Waals surface area contributed by atoms with E-state index in [0.29, 0.717) is 29.3 Å². The Labute approximate surface area is 153 Å². The standard InChI is InChI=1S/C20H24N2O4/c1-24-15-9-7-14(8-10-15)5-3-2-4-6-20(23)22-17-12-19-18(11-16(17)21)25-13-26-19/h7-12H,2-6,13,21H2,1H3,(H,22,23). The van der Waals surface area contributed by atoms with Crippen molar-refractivity contribution in [2.75, 3.05) is 25.0 Å². The quantitative estimate of drug-likeness (QED) is 0.556. The number of amides is 1. The summed E-state index contributed by atoms with van der Waals surface area (Å²) >= 11 is 0. The maximum Gasteiger partial charge on any atom is 0.231 e. The van der Waals surface area contributed by atoms with Crippen LogP contribution in [0.15, 0.2) is 36.4 Å². The second-order valence-electron chi connectivity index (χ2n) is 6.25. The van der Waals surface area contributed by atoms with Gasteiger partial charge in [-0.25, -0.2) is 0 Å². The van der Waals surface area contributed by atoms with E-state index in [4.69, 9.17) is 19.9 Å². The highest BCUT2D eigenvalue weighted by molar-refractivity contribution is 5.94. The van der Waals surface area contributed by atoms with Crippen molar-refractivity contribution in [2.45, 2.75) is 32.1 Å². The van der Waals surface area contributed by atoms with Crippen LogP contribution in [0, 0.1) is 0 Å². The monoisotopic (exact) mass is 356 g/mol. The smallest absolute Gasteiger partial charge is 0.231 e. The fraction of sp³-hybridized carbons (Fsp3) is 0.350. The molecule has 0 fully saturated rings. The number of unbranched alkanes of at least 4 members (excludes halogenated alkanes) is 2. The van der Waals surface area contributed by atoms with E-state index in [0.717, 1.165) is 31.4 Å². The van der Waals surface area contributed by atoms with E-state index in [-0.39, 0.29) is 12.7 Å². The minimum atomic E-state index is -0.0417. The summed E-state index contributed by atoms with van der Waals surface area (Å²) in [4.78, 5) is 12.1. The van der Waals surface area contributed by atoms with Gasteiger partial charge in [-0.3, -0.25) is 4.79 Å². The lowest BCUT2D eigenvalue weighted by Crippen LogP contribution is -2.12. The molecule has 0 saturated heterocycles. The van der Waals surface area contributed by atoms with Gasteiger partial charge in [0.05, 0.1) is 18.5 Å². The van der Waals surface area contributed by atoms with E-state index in [2.05, 4.69) is 17.4 Å². The van der Waals surface area contributed by atoms with Crippen LogP contribution in [0.25, 0.3) is 0 Å². The van der Waals surface area contributed by atoms with E-state index in [1.807, 2.05) is 12.1 Å². The largest absolute Gasteiger partial charge is 0.497 e. The molecule has 3 N–H and O–H groups in total. The molecular weight excluding hydrogens is 332 g/mol. The molecule has 3 rings (SSSR count). The van der Waals surface area contributed by atoms with Crippen molar-refractivity contribution < 1.29 is 19.0 Å². The predicted octanol–water partition coefficient (Wildman–Crippen LogP) is 3.75. The molecule has 0 aliphatic carbocycles. The molecule has 1 amide bonds. The summed E-state index contributed by atoms with van der Waals surface area (Å²) in [5.41, 5.74) is 8.27. The number of carbonyl (C=O) groups excluding carboxylic acids is 1. The van der Waals surface area contributed by atoms with Crippen molar-refractivity contribution in [3.8, 4) is 17.2 Å². The summed E-state index contributed by atoms with van der Waals surface area (Å²) in [6.07, 6.45) is 4.35. The summed E-state index contributed by atoms with van der Waals surface area (Å²) in [6, 6.07) is 11.5. The average Bonchev–Trinajstić information content (AvgIpc) is 3.09. The molecule has 0 unspecified atom stereocenters. The van der Waals surface area contributed by atoms with Crippen molar-refractivity contribution in [1.82, 2.24) is 0 Å². The molecule has 1 aliphatic heterocycles. The molecule has 0 bridgehead atoms. The fourth-order valence-electron chi connectivity index (χ4n) is 2.86. The molecular formula is C20H24N2O4. The number of aryl methyl sites for hydroxylation is 1. The summed E-state index contributed by atoms with van der Waals surface area (Å²) in [7, 11) is 1.66.